The van der Waals surface area contributed by atoms with Crippen LogP contribution in [0.15, 0.2) is 29.0 Å². The number of primary amides is 1. The van der Waals surface area contributed by atoms with Crippen molar-refractivity contribution in [1.82, 2.24) is 19.7 Å². The van der Waals surface area contributed by atoms with E-state index in [4.69, 9.17) is 5.73 Å². The van der Waals surface area contributed by atoms with Gasteiger partial charge in [0.25, 0.3) is 0 Å². The van der Waals surface area contributed by atoms with E-state index in [1.165, 1.54) is 16.6 Å². The summed E-state index contributed by atoms with van der Waals surface area (Å²) >= 11 is 3.14. The van der Waals surface area contributed by atoms with Crippen LogP contribution in [0.4, 0.5) is 0 Å². The molecule has 0 saturated carbocycles. The molecular formula is C17H23N5O2S2. The van der Waals surface area contributed by atoms with E-state index < -0.39 is 0 Å². The van der Waals surface area contributed by atoms with E-state index >= 15 is 0 Å². The van der Waals surface area contributed by atoms with E-state index in [2.05, 4.69) is 21.6 Å². The second kappa shape index (κ2) is 8.68. The van der Waals surface area contributed by atoms with Crippen LogP contribution in [0, 0.1) is 5.92 Å². The zero-order chi connectivity index (χ0) is 18.5. The molecule has 0 spiro atoms. The molecule has 26 heavy (non-hydrogen) atoms. The number of aryl methyl sites for hydroxylation is 2. The molecule has 3 rings (SSSR count). The molecule has 140 valence electrons. The second-order valence-corrected chi connectivity index (χ2v) is 8.76. The predicted molar refractivity (Wildman–Crippen MR) is 102 cm³/mol. The van der Waals surface area contributed by atoms with Crippen LogP contribution in [-0.4, -0.2) is 49.8 Å². The number of rotatable bonds is 7. The molecule has 2 atom stereocenters. The Balaban J connectivity index is 1.57. The third-order valence-corrected chi connectivity index (χ3v) is 6.54. The molecule has 0 bridgehead atoms. The Morgan fingerprint density at radius 1 is 1.50 bits per heavy atom. The van der Waals surface area contributed by atoms with Crippen molar-refractivity contribution in [2.75, 3.05) is 13.1 Å². The number of nitrogens with two attached hydrogens (primary N) is 1. The summed E-state index contributed by atoms with van der Waals surface area (Å²) in [4.78, 5) is 27.2. The molecule has 2 amide bonds. The monoisotopic (exact) mass is 393 g/mol. The van der Waals surface area contributed by atoms with E-state index in [-0.39, 0.29) is 23.0 Å². The van der Waals surface area contributed by atoms with E-state index in [0.29, 0.717) is 13.1 Å². The quantitative estimate of drug-likeness (QED) is 0.724. The van der Waals surface area contributed by atoms with Gasteiger partial charge in [0.2, 0.25) is 11.8 Å². The number of piperidine rings is 1. The summed E-state index contributed by atoms with van der Waals surface area (Å²) in [5.74, 6) is -0.538. The maximum absolute atomic E-state index is 12.7. The first-order valence-electron chi connectivity index (χ1n) is 8.69. The van der Waals surface area contributed by atoms with Crippen LogP contribution in [0.3, 0.4) is 0 Å². The first-order valence-corrected chi connectivity index (χ1v) is 10.5. The van der Waals surface area contributed by atoms with E-state index in [0.717, 1.165) is 31.0 Å². The van der Waals surface area contributed by atoms with Crippen LogP contribution in [0.5, 0.6) is 0 Å². The second-order valence-electron chi connectivity index (χ2n) is 6.42. The van der Waals surface area contributed by atoms with Gasteiger partial charge in [0.1, 0.15) is 6.33 Å². The van der Waals surface area contributed by atoms with Crippen LogP contribution in [0.1, 0.15) is 24.6 Å². The summed E-state index contributed by atoms with van der Waals surface area (Å²) < 4.78 is 1.98. The lowest BCUT2D eigenvalue weighted by Crippen LogP contribution is -2.46. The molecular weight excluding hydrogens is 370 g/mol. The smallest absolute Gasteiger partial charge is 0.235 e. The molecule has 1 aliphatic rings. The highest BCUT2D eigenvalue weighted by Crippen LogP contribution is 2.25. The van der Waals surface area contributed by atoms with Crippen molar-refractivity contribution in [2.45, 2.75) is 43.1 Å². The SMILES string of the molecule is CC(Sc1nncn1CCc1cccs1)C(=O)N1CCCC(C(N)=O)C1. The highest BCUT2D eigenvalue weighted by molar-refractivity contribution is 8.00. The average Bonchev–Trinajstić information content (AvgIpc) is 3.31. The standard InChI is InChI=1S/C17H23N5O2S2/c1-12(16(24)21-7-2-4-13(10-21)15(18)23)26-17-20-19-11-22(17)8-6-14-5-3-9-25-14/h3,5,9,11-13H,2,4,6-8,10H2,1H3,(H2,18,23). The topological polar surface area (TPSA) is 94.1 Å². The third-order valence-electron chi connectivity index (χ3n) is 4.52. The van der Waals surface area contributed by atoms with Gasteiger partial charge < -0.3 is 15.2 Å². The zero-order valence-corrected chi connectivity index (χ0v) is 16.3. The predicted octanol–water partition coefficient (Wildman–Crippen LogP) is 1.79. The van der Waals surface area contributed by atoms with Gasteiger partial charge in [0.05, 0.1) is 11.2 Å². The van der Waals surface area contributed by atoms with Crippen molar-refractivity contribution in [3.63, 3.8) is 0 Å². The van der Waals surface area contributed by atoms with Gasteiger partial charge in [-0.3, -0.25) is 9.59 Å². The maximum atomic E-state index is 12.7. The van der Waals surface area contributed by atoms with Gasteiger partial charge in [0.15, 0.2) is 5.16 Å². The van der Waals surface area contributed by atoms with Gasteiger partial charge in [-0.2, -0.15) is 0 Å². The van der Waals surface area contributed by atoms with Gasteiger partial charge >= 0.3 is 0 Å². The van der Waals surface area contributed by atoms with E-state index in [9.17, 15) is 9.59 Å². The molecule has 2 aromatic rings. The van der Waals surface area contributed by atoms with Gasteiger partial charge in [0, 0.05) is 24.5 Å². The van der Waals surface area contributed by atoms with Crippen molar-refractivity contribution >= 4 is 34.9 Å². The molecule has 9 heteroatoms. The maximum Gasteiger partial charge on any atom is 0.235 e. The minimum Gasteiger partial charge on any atom is -0.369 e. The number of carbonyl (C=O) groups is 2. The number of amides is 2. The largest absolute Gasteiger partial charge is 0.369 e. The van der Waals surface area contributed by atoms with Crippen molar-refractivity contribution in [3.8, 4) is 0 Å². The van der Waals surface area contributed by atoms with Crippen LogP contribution in [0.2, 0.25) is 0 Å². The molecule has 2 N–H and O–H groups in total. The van der Waals surface area contributed by atoms with Gasteiger partial charge in [-0.1, -0.05) is 17.8 Å². The summed E-state index contributed by atoms with van der Waals surface area (Å²) in [5, 5.41) is 10.7. The third kappa shape index (κ3) is 4.64. The first kappa shape index (κ1) is 18.9. The van der Waals surface area contributed by atoms with E-state index in [1.54, 1.807) is 22.6 Å². The van der Waals surface area contributed by atoms with Crippen LogP contribution in [0.25, 0.3) is 0 Å². The van der Waals surface area contributed by atoms with Gasteiger partial charge in [-0.25, -0.2) is 0 Å². The van der Waals surface area contributed by atoms with Crippen LogP contribution in [-0.2, 0) is 22.6 Å². The molecule has 0 aliphatic carbocycles. The first-order chi connectivity index (χ1) is 12.5. The Morgan fingerprint density at radius 3 is 3.08 bits per heavy atom. The fourth-order valence-corrected chi connectivity index (χ4v) is 4.68. The fourth-order valence-electron chi connectivity index (χ4n) is 3.05. The molecule has 1 fully saturated rings. The van der Waals surface area contributed by atoms with E-state index in [1.807, 2.05) is 17.6 Å². The van der Waals surface area contributed by atoms with Crippen LogP contribution >= 0.6 is 23.1 Å². The number of thiophene rings is 1. The number of thioether (sulfide) groups is 1. The van der Waals surface area contributed by atoms with Crippen molar-refractivity contribution in [3.05, 3.63) is 28.7 Å². The molecule has 1 saturated heterocycles. The molecule has 0 radical (unpaired) electrons. The minimum atomic E-state index is -0.323. The highest BCUT2D eigenvalue weighted by atomic mass is 32.2. The summed E-state index contributed by atoms with van der Waals surface area (Å²) in [6, 6.07) is 4.15. The highest BCUT2D eigenvalue weighted by Gasteiger charge is 2.30. The number of hydrogen-bond acceptors (Lipinski definition) is 6. The fraction of sp³-hybridized carbons (Fsp3) is 0.529. The summed E-state index contributed by atoms with van der Waals surface area (Å²) in [6.07, 6.45) is 4.20. The Kier molecular flexibility index (Phi) is 6.31. The zero-order valence-electron chi connectivity index (χ0n) is 14.7. The van der Waals surface area contributed by atoms with Gasteiger partial charge in [-0.15, -0.1) is 21.5 Å². The normalized spacial score (nSPS) is 18.7. The molecule has 7 nitrogen and oxygen atoms in total. The number of carbonyl (C=O) groups excluding carboxylic acids is 2. The Hall–Kier alpha value is -1.87. The molecule has 1 aliphatic heterocycles. The summed E-state index contributed by atoms with van der Waals surface area (Å²) in [5.41, 5.74) is 5.41. The minimum absolute atomic E-state index is 0.0220. The van der Waals surface area contributed by atoms with Crippen molar-refractivity contribution < 1.29 is 9.59 Å². The molecule has 2 unspecified atom stereocenters. The molecule has 2 aromatic heterocycles. The van der Waals surface area contributed by atoms with Crippen LogP contribution < -0.4 is 5.73 Å². The lowest BCUT2D eigenvalue weighted by molar-refractivity contribution is -0.134. The van der Waals surface area contributed by atoms with Gasteiger partial charge in [-0.05, 0) is 37.6 Å². The number of nitrogens with zero attached hydrogens (tertiary/aromatic N) is 4. The Morgan fingerprint density at radius 2 is 2.35 bits per heavy atom. The Labute approximate surface area is 161 Å². The molecule has 3 heterocycles. The summed E-state index contributed by atoms with van der Waals surface area (Å²) in [6.45, 7) is 3.76. The molecule has 0 aromatic carbocycles. The lowest BCUT2D eigenvalue weighted by Gasteiger charge is -2.32. The van der Waals surface area contributed by atoms with Crippen molar-refractivity contribution in [2.24, 2.45) is 11.7 Å². The van der Waals surface area contributed by atoms with Crippen molar-refractivity contribution in [1.29, 1.82) is 0 Å². The number of likely N-dealkylation sites (tertiary alicyclic amines) is 1. The Bertz CT molecular complexity index is 746. The summed E-state index contributed by atoms with van der Waals surface area (Å²) in [7, 11) is 0. The average molecular weight is 394 g/mol. The number of hydrogen-bond donors (Lipinski definition) is 1. The lowest BCUT2D eigenvalue weighted by atomic mass is 9.97. The number of aromatic nitrogens is 3.